The minimum Gasteiger partial charge on any atom is -0.508 e. The molecular formula is C22H18ClN3O2S. The van der Waals surface area contributed by atoms with Crippen LogP contribution in [0.4, 0.5) is 5.82 Å². The summed E-state index contributed by atoms with van der Waals surface area (Å²) in [5.41, 5.74) is 7.62. The lowest BCUT2D eigenvalue weighted by Gasteiger charge is -2.06. The molecule has 146 valence electrons. The van der Waals surface area contributed by atoms with Crippen LogP contribution < -0.4 is 11.1 Å². The van der Waals surface area contributed by atoms with E-state index in [2.05, 4.69) is 10.3 Å². The second kappa shape index (κ2) is 8.11. The molecule has 1 amide bonds. The minimum atomic E-state index is -0.185. The number of rotatable bonds is 5. The number of fused-ring (bicyclic) bond motifs is 1. The number of hydrogen-bond donors (Lipinski definition) is 3. The number of carbonyl (C=O) groups is 1. The van der Waals surface area contributed by atoms with Gasteiger partial charge in [-0.3, -0.25) is 4.79 Å². The third-order valence-corrected chi connectivity index (χ3v) is 6.22. The zero-order valence-corrected chi connectivity index (χ0v) is 16.9. The Morgan fingerprint density at radius 1 is 1.17 bits per heavy atom. The number of aromatic hydroxyl groups is 1. The summed E-state index contributed by atoms with van der Waals surface area (Å²) < 4.78 is 0. The van der Waals surface area contributed by atoms with Gasteiger partial charge in [0.25, 0.3) is 5.91 Å². The Hall–Kier alpha value is -3.09. The van der Waals surface area contributed by atoms with Gasteiger partial charge in [0.15, 0.2) is 0 Å². The van der Waals surface area contributed by atoms with Crippen molar-refractivity contribution in [1.29, 1.82) is 0 Å². The first-order valence-corrected chi connectivity index (χ1v) is 10.2. The average molecular weight is 424 g/mol. The van der Waals surface area contributed by atoms with Crippen molar-refractivity contribution in [3.05, 3.63) is 86.7 Å². The van der Waals surface area contributed by atoms with Gasteiger partial charge in [0, 0.05) is 29.4 Å². The first kappa shape index (κ1) is 19.2. The van der Waals surface area contributed by atoms with E-state index in [-0.39, 0.29) is 11.7 Å². The maximum atomic E-state index is 12.6. The standard InChI is InChI=1S/C22H18ClN3O2S/c23-17-11-20(29-19(17)10-15-3-1-2-4-18(15)27)22(28)26-12-13-5-6-16-14(9-13)7-8-25-21(16)24/h1-9,11,27H,10,12H2,(H2,24,25)(H,26,28). The number of nitrogens with two attached hydrogens (primary N) is 1. The molecule has 0 radical (unpaired) electrons. The summed E-state index contributed by atoms with van der Waals surface area (Å²) in [6, 6.07) is 16.5. The summed E-state index contributed by atoms with van der Waals surface area (Å²) in [6.07, 6.45) is 2.14. The fraction of sp³-hybridized carbons (Fsp3) is 0.0909. The molecule has 4 rings (SSSR count). The summed E-state index contributed by atoms with van der Waals surface area (Å²) in [7, 11) is 0. The van der Waals surface area contributed by atoms with E-state index in [1.54, 1.807) is 24.4 Å². The SMILES string of the molecule is Nc1nccc2cc(CNC(=O)c3cc(Cl)c(Cc4ccccc4O)s3)ccc12. The molecule has 0 spiro atoms. The molecule has 2 aromatic carbocycles. The van der Waals surface area contributed by atoms with Gasteiger partial charge < -0.3 is 16.2 Å². The van der Waals surface area contributed by atoms with Gasteiger partial charge in [0.1, 0.15) is 11.6 Å². The number of para-hydroxylation sites is 1. The van der Waals surface area contributed by atoms with Gasteiger partial charge in [-0.05, 0) is 40.8 Å². The molecule has 4 aromatic rings. The number of nitrogen functional groups attached to an aromatic ring is 1. The number of nitrogens with zero attached hydrogens (tertiary/aromatic N) is 1. The number of pyridine rings is 1. The number of halogens is 1. The number of benzene rings is 2. The van der Waals surface area contributed by atoms with Crippen LogP contribution in [0.2, 0.25) is 5.02 Å². The quantitative estimate of drug-likeness (QED) is 0.432. The summed E-state index contributed by atoms with van der Waals surface area (Å²) >= 11 is 7.65. The zero-order valence-electron chi connectivity index (χ0n) is 15.4. The molecule has 0 saturated heterocycles. The Bertz CT molecular complexity index is 1210. The third-order valence-electron chi connectivity index (χ3n) is 4.64. The third kappa shape index (κ3) is 4.18. The molecule has 2 aromatic heterocycles. The molecule has 0 aliphatic rings. The molecule has 29 heavy (non-hydrogen) atoms. The summed E-state index contributed by atoms with van der Waals surface area (Å²) in [5.74, 6) is 0.521. The Morgan fingerprint density at radius 2 is 2.00 bits per heavy atom. The van der Waals surface area contributed by atoms with Crippen molar-refractivity contribution in [2.24, 2.45) is 0 Å². The Balaban J connectivity index is 1.46. The average Bonchev–Trinajstić information content (AvgIpc) is 3.08. The molecular weight excluding hydrogens is 406 g/mol. The lowest BCUT2D eigenvalue weighted by molar-refractivity contribution is 0.0955. The van der Waals surface area contributed by atoms with Gasteiger partial charge in [0.2, 0.25) is 0 Å². The summed E-state index contributed by atoms with van der Waals surface area (Å²) in [5, 5.41) is 15.3. The van der Waals surface area contributed by atoms with E-state index in [1.807, 2.05) is 36.4 Å². The highest BCUT2D eigenvalue weighted by Gasteiger charge is 2.15. The van der Waals surface area contributed by atoms with E-state index in [0.29, 0.717) is 28.7 Å². The smallest absolute Gasteiger partial charge is 0.261 e. The number of phenolic OH excluding ortho intramolecular Hbond substituents is 1. The van der Waals surface area contributed by atoms with E-state index in [4.69, 9.17) is 17.3 Å². The van der Waals surface area contributed by atoms with Crippen molar-refractivity contribution in [3.63, 3.8) is 0 Å². The number of phenols is 1. The number of nitrogens with one attached hydrogen (secondary N) is 1. The number of anilines is 1. The first-order chi connectivity index (χ1) is 14.0. The highest BCUT2D eigenvalue weighted by molar-refractivity contribution is 7.14. The second-order valence-electron chi connectivity index (χ2n) is 6.62. The fourth-order valence-electron chi connectivity index (χ4n) is 3.10. The van der Waals surface area contributed by atoms with Crippen LogP contribution in [0.25, 0.3) is 10.8 Å². The van der Waals surface area contributed by atoms with Crippen LogP contribution in [0.5, 0.6) is 5.75 Å². The highest BCUT2D eigenvalue weighted by Crippen LogP contribution is 2.31. The van der Waals surface area contributed by atoms with Gasteiger partial charge in [-0.15, -0.1) is 11.3 Å². The molecule has 7 heteroatoms. The predicted octanol–water partition coefficient (Wildman–Crippen LogP) is 4.76. The molecule has 5 nitrogen and oxygen atoms in total. The molecule has 4 N–H and O–H groups in total. The van der Waals surface area contributed by atoms with E-state index < -0.39 is 0 Å². The lowest BCUT2D eigenvalue weighted by Crippen LogP contribution is -2.21. The molecule has 0 bridgehead atoms. The first-order valence-electron chi connectivity index (χ1n) is 8.97. The summed E-state index contributed by atoms with van der Waals surface area (Å²) in [6.45, 7) is 0.390. The normalized spacial score (nSPS) is 10.9. The van der Waals surface area contributed by atoms with Gasteiger partial charge in [-0.1, -0.05) is 41.9 Å². The zero-order chi connectivity index (χ0) is 20.4. The van der Waals surface area contributed by atoms with Crippen molar-refractivity contribution >= 4 is 45.4 Å². The number of hydrogen-bond acceptors (Lipinski definition) is 5. The van der Waals surface area contributed by atoms with Crippen LogP contribution in [0, 0.1) is 0 Å². The second-order valence-corrected chi connectivity index (χ2v) is 8.17. The molecule has 2 heterocycles. The monoisotopic (exact) mass is 423 g/mol. The van der Waals surface area contributed by atoms with Crippen LogP contribution in [-0.4, -0.2) is 16.0 Å². The Kier molecular flexibility index (Phi) is 5.38. The number of amides is 1. The van der Waals surface area contributed by atoms with Gasteiger partial charge in [-0.2, -0.15) is 0 Å². The predicted molar refractivity (Wildman–Crippen MR) is 118 cm³/mol. The molecule has 0 fully saturated rings. The molecule has 0 saturated carbocycles. The number of carbonyl (C=O) groups excluding carboxylic acids is 1. The maximum Gasteiger partial charge on any atom is 0.261 e. The molecule has 0 aliphatic heterocycles. The van der Waals surface area contributed by atoms with Crippen LogP contribution in [0.3, 0.4) is 0 Å². The van der Waals surface area contributed by atoms with E-state index in [1.165, 1.54) is 11.3 Å². The minimum absolute atomic E-state index is 0.185. The van der Waals surface area contributed by atoms with E-state index in [0.717, 1.165) is 26.8 Å². The van der Waals surface area contributed by atoms with Crippen LogP contribution in [0.15, 0.2) is 60.8 Å². The Morgan fingerprint density at radius 3 is 2.83 bits per heavy atom. The van der Waals surface area contributed by atoms with Crippen molar-refractivity contribution in [2.75, 3.05) is 5.73 Å². The van der Waals surface area contributed by atoms with Gasteiger partial charge in [0.05, 0.1) is 9.90 Å². The highest BCUT2D eigenvalue weighted by atomic mass is 35.5. The topological polar surface area (TPSA) is 88.2 Å². The van der Waals surface area contributed by atoms with Crippen LogP contribution >= 0.6 is 22.9 Å². The fourth-order valence-corrected chi connectivity index (χ4v) is 4.45. The maximum absolute atomic E-state index is 12.6. The van der Waals surface area contributed by atoms with Crippen LogP contribution in [-0.2, 0) is 13.0 Å². The van der Waals surface area contributed by atoms with Gasteiger partial charge in [-0.25, -0.2) is 4.98 Å². The summed E-state index contributed by atoms with van der Waals surface area (Å²) in [4.78, 5) is 18.0. The van der Waals surface area contributed by atoms with Crippen molar-refractivity contribution in [3.8, 4) is 5.75 Å². The largest absolute Gasteiger partial charge is 0.508 e. The lowest BCUT2D eigenvalue weighted by atomic mass is 10.1. The van der Waals surface area contributed by atoms with E-state index >= 15 is 0 Å². The molecule has 0 unspecified atom stereocenters. The molecule has 0 aliphatic carbocycles. The Labute approximate surface area is 176 Å². The van der Waals surface area contributed by atoms with Crippen molar-refractivity contribution in [1.82, 2.24) is 10.3 Å². The van der Waals surface area contributed by atoms with Crippen molar-refractivity contribution < 1.29 is 9.90 Å². The number of thiophene rings is 1. The molecule has 0 atom stereocenters. The van der Waals surface area contributed by atoms with Gasteiger partial charge >= 0.3 is 0 Å². The van der Waals surface area contributed by atoms with E-state index in [9.17, 15) is 9.90 Å². The van der Waals surface area contributed by atoms with Crippen molar-refractivity contribution in [2.45, 2.75) is 13.0 Å². The van der Waals surface area contributed by atoms with Crippen LogP contribution in [0.1, 0.15) is 25.7 Å². The number of aromatic nitrogens is 1.